The average molecular weight is 335 g/mol. The van der Waals surface area contributed by atoms with E-state index in [2.05, 4.69) is 5.10 Å². The number of amides is 1. The fourth-order valence-electron chi connectivity index (χ4n) is 2.31. The van der Waals surface area contributed by atoms with E-state index in [0.29, 0.717) is 12.1 Å². The van der Waals surface area contributed by atoms with Crippen molar-refractivity contribution in [2.24, 2.45) is 7.05 Å². The van der Waals surface area contributed by atoms with Crippen molar-refractivity contribution < 1.29 is 4.79 Å². The van der Waals surface area contributed by atoms with Gasteiger partial charge in [0.1, 0.15) is 11.4 Å². The van der Waals surface area contributed by atoms with Crippen LogP contribution >= 0.6 is 22.9 Å². The molecule has 3 heterocycles. The van der Waals surface area contributed by atoms with Crippen LogP contribution in [0.5, 0.6) is 0 Å². The van der Waals surface area contributed by atoms with Gasteiger partial charge in [0.25, 0.3) is 5.91 Å². The van der Waals surface area contributed by atoms with E-state index in [1.165, 1.54) is 11.3 Å². The number of halogens is 1. The molecule has 5 nitrogen and oxygen atoms in total. The van der Waals surface area contributed by atoms with Crippen LogP contribution in [-0.2, 0) is 13.6 Å². The summed E-state index contributed by atoms with van der Waals surface area (Å²) in [6.45, 7) is 0.524. The number of thiophene rings is 1. The van der Waals surface area contributed by atoms with Crippen molar-refractivity contribution in [3.63, 3.8) is 0 Å². The molecule has 0 aliphatic heterocycles. The van der Waals surface area contributed by atoms with Crippen LogP contribution in [0, 0.1) is 0 Å². The number of carbonyl (C=O) groups excluding carboxylic acids is 1. The monoisotopic (exact) mass is 334 g/mol. The lowest BCUT2D eigenvalue weighted by Gasteiger charge is -2.16. The van der Waals surface area contributed by atoms with Crippen molar-refractivity contribution in [2.45, 2.75) is 6.54 Å². The summed E-state index contributed by atoms with van der Waals surface area (Å²) in [5.74, 6) is 0.687. The van der Waals surface area contributed by atoms with E-state index < -0.39 is 0 Å². The van der Waals surface area contributed by atoms with Crippen molar-refractivity contribution in [3.8, 4) is 5.82 Å². The molecule has 0 N–H and O–H groups in total. The molecule has 0 aromatic carbocycles. The van der Waals surface area contributed by atoms with Gasteiger partial charge in [0.15, 0.2) is 0 Å². The molecular weight excluding hydrogens is 320 g/mol. The standard InChI is InChI=1S/C15H15ClN4OS/c1-18(10-11-5-6-13(16)22-11)15(21)12-9-17-19(2)14(12)20-7-3-4-8-20/h3-9H,10H2,1-2H3. The van der Waals surface area contributed by atoms with E-state index in [-0.39, 0.29) is 5.91 Å². The number of nitrogens with zero attached hydrogens (tertiary/aromatic N) is 4. The first-order chi connectivity index (χ1) is 10.6. The van der Waals surface area contributed by atoms with Gasteiger partial charge in [-0.05, 0) is 24.3 Å². The molecule has 3 rings (SSSR count). The second-order valence-corrected chi connectivity index (χ2v) is 6.76. The van der Waals surface area contributed by atoms with Crippen LogP contribution in [0.2, 0.25) is 4.34 Å². The van der Waals surface area contributed by atoms with Crippen molar-refractivity contribution in [3.05, 3.63) is 57.6 Å². The number of carbonyl (C=O) groups is 1. The summed E-state index contributed by atoms with van der Waals surface area (Å²) in [6, 6.07) is 7.61. The van der Waals surface area contributed by atoms with Gasteiger partial charge in [0.05, 0.1) is 17.1 Å². The van der Waals surface area contributed by atoms with Gasteiger partial charge in [-0.1, -0.05) is 11.6 Å². The highest BCUT2D eigenvalue weighted by Crippen LogP contribution is 2.23. The van der Waals surface area contributed by atoms with Crippen LogP contribution in [0.25, 0.3) is 5.82 Å². The average Bonchev–Trinajstić information content (AvgIpc) is 3.19. The highest BCUT2D eigenvalue weighted by molar-refractivity contribution is 7.16. The van der Waals surface area contributed by atoms with Crippen LogP contribution in [-0.4, -0.2) is 32.2 Å². The summed E-state index contributed by atoms with van der Waals surface area (Å²) in [4.78, 5) is 15.4. The van der Waals surface area contributed by atoms with Crippen molar-refractivity contribution >= 4 is 28.8 Å². The first-order valence-corrected chi connectivity index (χ1v) is 7.90. The quantitative estimate of drug-likeness (QED) is 0.735. The molecule has 0 unspecified atom stereocenters. The summed E-state index contributed by atoms with van der Waals surface area (Å²) in [5, 5.41) is 4.22. The van der Waals surface area contributed by atoms with Crippen LogP contribution in [0.15, 0.2) is 42.9 Å². The topological polar surface area (TPSA) is 43.1 Å². The minimum atomic E-state index is -0.0682. The summed E-state index contributed by atoms with van der Waals surface area (Å²) in [7, 11) is 3.60. The number of hydrogen-bond donors (Lipinski definition) is 0. The maximum absolute atomic E-state index is 12.7. The Kier molecular flexibility index (Phi) is 4.04. The molecule has 3 aromatic heterocycles. The number of aryl methyl sites for hydroxylation is 1. The molecule has 0 bridgehead atoms. The third kappa shape index (κ3) is 2.80. The number of hydrogen-bond acceptors (Lipinski definition) is 3. The maximum Gasteiger partial charge on any atom is 0.259 e. The Morgan fingerprint density at radius 1 is 1.36 bits per heavy atom. The minimum absolute atomic E-state index is 0.0682. The zero-order valence-electron chi connectivity index (χ0n) is 12.2. The summed E-state index contributed by atoms with van der Waals surface area (Å²) in [5.41, 5.74) is 0.573. The molecule has 0 saturated heterocycles. The molecule has 1 amide bonds. The summed E-state index contributed by atoms with van der Waals surface area (Å²) >= 11 is 7.42. The third-order valence-corrected chi connectivity index (χ3v) is 4.57. The van der Waals surface area contributed by atoms with Gasteiger partial charge >= 0.3 is 0 Å². The van der Waals surface area contributed by atoms with Crippen LogP contribution in [0.1, 0.15) is 15.2 Å². The summed E-state index contributed by atoms with van der Waals surface area (Å²) < 4.78 is 4.31. The molecule has 22 heavy (non-hydrogen) atoms. The van der Waals surface area contributed by atoms with Gasteiger partial charge in [-0.3, -0.25) is 9.48 Å². The van der Waals surface area contributed by atoms with Crippen LogP contribution in [0.4, 0.5) is 0 Å². The molecule has 7 heteroatoms. The Morgan fingerprint density at radius 3 is 2.73 bits per heavy atom. The lowest BCUT2D eigenvalue weighted by molar-refractivity contribution is 0.0786. The van der Waals surface area contributed by atoms with Gasteiger partial charge in [-0.25, -0.2) is 0 Å². The molecule has 0 spiro atoms. The van der Waals surface area contributed by atoms with E-state index in [9.17, 15) is 4.79 Å². The molecule has 0 fully saturated rings. The van der Waals surface area contributed by atoms with Gasteiger partial charge in [-0.15, -0.1) is 11.3 Å². The highest BCUT2D eigenvalue weighted by atomic mass is 35.5. The Balaban J connectivity index is 1.86. The van der Waals surface area contributed by atoms with Crippen molar-refractivity contribution in [2.75, 3.05) is 7.05 Å². The van der Waals surface area contributed by atoms with E-state index in [1.807, 2.05) is 48.3 Å². The van der Waals surface area contributed by atoms with E-state index in [4.69, 9.17) is 11.6 Å². The smallest absolute Gasteiger partial charge is 0.259 e. The van der Waals surface area contributed by atoms with Crippen LogP contribution < -0.4 is 0 Å². The van der Waals surface area contributed by atoms with Gasteiger partial charge in [-0.2, -0.15) is 5.10 Å². The Bertz CT molecular complexity index is 790. The van der Waals surface area contributed by atoms with Gasteiger partial charge in [0.2, 0.25) is 0 Å². The van der Waals surface area contributed by atoms with E-state index >= 15 is 0 Å². The Hall–Kier alpha value is -2.05. The lowest BCUT2D eigenvalue weighted by atomic mass is 10.2. The number of aromatic nitrogens is 3. The van der Waals surface area contributed by atoms with Crippen LogP contribution in [0.3, 0.4) is 0 Å². The molecule has 0 atom stereocenters. The molecule has 114 valence electrons. The fourth-order valence-corrected chi connectivity index (χ4v) is 3.45. The fraction of sp³-hybridized carbons (Fsp3) is 0.200. The van der Waals surface area contributed by atoms with E-state index in [0.717, 1.165) is 15.0 Å². The molecule has 0 aliphatic rings. The molecular formula is C15H15ClN4OS. The molecule has 0 radical (unpaired) electrons. The predicted octanol–water partition coefficient (Wildman–Crippen LogP) is 3.20. The van der Waals surface area contributed by atoms with E-state index in [1.54, 1.807) is 22.8 Å². The summed E-state index contributed by atoms with van der Waals surface area (Å²) in [6.07, 6.45) is 5.40. The Morgan fingerprint density at radius 2 is 2.09 bits per heavy atom. The molecule has 3 aromatic rings. The Labute approximate surface area is 137 Å². The first-order valence-electron chi connectivity index (χ1n) is 6.71. The van der Waals surface area contributed by atoms with Gasteiger partial charge < -0.3 is 9.47 Å². The lowest BCUT2D eigenvalue weighted by Crippen LogP contribution is -2.26. The highest BCUT2D eigenvalue weighted by Gasteiger charge is 2.21. The normalized spacial score (nSPS) is 10.9. The third-order valence-electron chi connectivity index (χ3n) is 3.36. The predicted molar refractivity (Wildman–Crippen MR) is 87.7 cm³/mol. The maximum atomic E-state index is 12.7. The second-order valence-electron chi connectivity index (χ2n) is 4.96. The minimum Gasteiger partial charge on any atom is -0.336 e. The first kappa shape index (κ1) is 14.9. The number of rotatable bonds is 4. The SMILES string of the molecule is CN(Cc1ccc(Cl)s1)C(=O)c1cnn(C)c1-n1cccc1. The van der Waals surface area contributed by atoms with Crippen molar-refractivity contribution in [1.82, 2.24) is 19.2 Å². The second kappa shape index (κ2) is 5.98. The zero-order valence-corrected chi connectivity index (χ0v) is 13.8. The molecule has 0 saturated carbocycles. The molecule has 0 aliphatic carbocycles. The van der Waals surface area contributed by atoms with Crippen molar-refractivity contribution in [1.29, 1.82) is 0 Å². The zero-order chi connectivity index (χ0) is 15.7. The van der Waals surface area contributed by atoms with Gasteiger partial charge in [0, 0.05) is 31.4 Å². The largest absolute Gasteiger partial charge is 0.336 e.